The molecule has 1 aromatic heterocycles. The van der Waals surface area contributed by atoms with Crippen molar-refractivity contribution in [3.63, 3.8) is 0 Å². The lowest BCUT2D eigenvalue weighted by molar-refractivity contribution is 0.332. The molecule has 0 radical (unpaired) electrons. The largest absolute Gasteiger partial charge is 0.494 e. The maximum Gasteiger partial charge on any atom is 0.143 e. The predicted octanol–water partition coefficient (Wildman–Crippen LogP) is 2.60. The molecule has 6 heteroatoms. The molecule has 0 fully saturated rings. The Hall–Kier alpha value is -2.50. The molecule has 1 heterocycles. The summed E-state index contributed by atoms with van der Waals surface area (Å²) in [5, 5.41) is 3.16. The highest BCUT2D eigenvalue weighted by Crippen LogP contribution is 2.31. The Bertz CT molecular complexity index is 575. The third-order valence-corrected chi connectivity index (χ3v) is 2.51. The molecule has 0 aliphatic rings. The minimum Gasteiger partial charge on any atom is -0.494 e. The molecule has 3 N–H and O–H groups in total. The van der Waals surface area contributed by atoms with Crippen LogP contribution in [0, 0.1) is 0 Å². The summed E-state index contributed by atoms with van der Waals surface area (Å²) >= 11 is 0. The number of nitrogen functional groups attached to an aromatic ring is 1. The number of hydrogen-bond acceptors (Lipinski definition) is 6. The first kappa shape index (κ1) is 13.9. The van der Waals surface area contributed by atoms with Crippen LogP contribution in [0.5, 0.6) is 11.5 Å². The molecule has 0 atom stereocenters. The molecule has 1 aromatic carbocycles. The fraction of sp³-hybridized carbons (Fsp3) is 0.286. The average molecular weight is 274 g/mol. The van der Waals surface area contributed by atoms with Crippen molar-refractivity contribution in [2.45, 2.75) is 13.8 Å². The van der Waals surface area contributed by atoms with Gasteiger partial charge in [-0.1, -0.05) is 0 Å². The van der Waals surface area contributed by atoms with E-state index in [0.29, 0.717) is 24.8 Å². The number of aromatic nitrogens is 2. The van der Waals surface area contributed by atoms with E-state index >= 15 is 0 Å². The van der Waals surface area contributed by atoms with Gasteiger partial charge in [-0.2, -0.15) is 0 Å². The molecule has 6 nitrogen and oxygen atoms in total. The summed E-state index contributed by atoms with van der Waals surface area (Å²) in [5.41, 5.74) is 6.41. The first-order valence-corrected chi connectivity index (χ1v) is 6.47. The van der Waals surface area contributed by atoms with Gasteiger partial charge in [0.05, 0.1) is 18.9 Å². The van der Waals surface area contributed by atoms with Gasteiger partial charge in [0.25, 0.3) is 0 Å². The topological polar surface area (TPSA) is 82.3 Å². The number of anilines is 3. The van der Waals surface area contributed by atoms with Crippen LogP contribution in [0.2, 0.25) is 0 Å². The molecule has 20 heavy (non-hydrogen) atoms. The zero-order chi connectivity index (χ0) is 14.4. The minimum absolute atomic E-state index is 0.404. The lowest BCUT2D eigenvalue weighted by Gasteiger charge is -2.13. The maximum absolute atomic E-state index is 5.64. The van der Waals surface area contributed by atoms with Crippen LogP contribution in [0.1, 0.15) is 13.8 Å². The lowest BCUT2D eigenvalue weighted by atomic mass is 10.2. The van der Waals surface area contributed by atoms with E-state index in [4.69, 9.17) is 15.2 Å². The molecule has 0 unspecified atom stereocenters. The summed E-state index contributed by atoms with van der Waals surface area (Å²) in [6, 6.07) is 7.26. The van der Waals surface area contributed by atoms with Gasteiger partial charge in [0.1, 0.15) is 29.5 Å². The van der Waals surface area contributed by atoms with Crippen LogP contribution in [-0.4, -0.2) is 23.2 Å². The summed E-state index contributed by atoms with van der Waals surface area (Å²) in [4.78, 5) is 7.97. The first-order chi connectivity index (χ1) is 9.72. The standard InChI is InChI=1S/C14H18N4O2/c1-3-19-10-5-6-12(20-4-2)11(7-10)18-14-8-13(15)16-9-17-14/h5-9H,3-4H2,1-2H3,(H3,15,16,17,18). The number of nitrogens with two attached hydrogens (primary N) is 1. The van der Waals surface area contributed by atoms with E-state index in [2.05, 4.69) is 15.3 Å². The normalized spacial score (nSPS) is 10.1. The second-order valence-electron chi connectivity index (χ2n) is 3.98. The van der Waals surface area contributed by atoms with E-state index in [-0.39, 0.29) is 0 Å². The van der Waals surface area contributed by atoms with Crippen molar-refractivity contribution in [2.24, 2.45) is 0 Å². The van der Waals surface area contributed by atoms with Crippen molar-refractivity contribution in [3.8, 4) is 11.5 Å². The summed E-state index contributed by atoms with van der Waals surface area (Å²) in [6.45, 7) is 5.06. The van der Waals surface area contributed by atoms with Crippen molar-refractivity contribution >= 4 is 17.3 Å². The maximum atomic E-state index is 5.64. The molecule has 2 rings (SSSR count). The molecule has 0 aliphatic heterocycles. The number of ether oxygens (including phenoxy) is 2. The Balaban J connectivity index is 2.29. The van der Waals surface area contributed by atoms with Gasteiger partial charge in [-0.25, -0.2) is 9.97 Å². The summed E-state index contributed by atoms with van der Waals surface area (Å²) in [5.74, 6) is 2.50. The average Bonchev–Trinajstić information content (AvgIpc) is 2.42. The summed E-state index contributed by atoms with van der Waals surface area (Å²) < 4.78 is 11.1. The molecule has 0 spiro atoms. The number of nitrogens with one attached hydrogen (secondary N) is 1. The van der Waals surface area contributed by atoms with Gasteiger partial charge in [0.2, 0.25) is 0 Å². The van der Waals surface area contributed by atoms with Gasteiger partial charge in [-0.3, -0.25) is 0 Å². The van der Waals surface area contributed by atoms with Crippen LogP contribution < -0.4 is 20.5 Å². The second kappa shape index (κ2) is 6.60. The Morgan fingerprint density at radius 3 is 2.60 bits per heavy atom. The summed E-state index contributed by atoms with van der Waals surface area (Å²) in [6.07, 6.45) is 1.41. The van der Waals surface area contributed by atoms with Gasteiger partial charge in [-0.05, 0) is 26.0 Å². The van der Waals surface area contributed by atoms with Crippen molar-refractivity contribution in [1.82, 2.24) is 9.97 Å². The minimum atomic E-state index is 0.404. The third-order valence-electron chi connectivity index (χ3n) is 2.51. The molecule has 0 saturated heterocycles. The number of rotatable bonds is 6. The monoisotopic (exact) mass is 274 g/mol. The Labute approximate surface area is 118 Å². The van der Waals surface area contributed by atoms with Crippen LogP contribution in [0.4, 0.5) is 17.3 Å². The Morgan fingerprint density at radius 2 is 1.90 bits per heavy atom. The van der Waals surface area contributed by atoms with Crippen molar-refractivity contribution in [3.05, 3.63) is 30.6 Å². The second-order valence-corrected chi connectivity index (χ2v) is 3.98. The molecular weight excluding hydrogens is 256 g/mol. The van der Waals surface area contributed by atoms with Crippen molar-refractivity contribution in [1.29, 1.82) is 0 Å². The molecule has 0 saturated carbocycles. The van der Waals surface area contributed by atoms with Crippen molar-refractivity contribution < 1.29 is 9.47 Å². The van der Waals surface area contributed by atoms with Crippen LogP contribution in [0.3, 0.4) is 0 Å². The van der Waals surface area contributed by atoms with E-state index < -0.39 is 0 Å². The SMILES string of the molecule is CCOc1ccc(OCC)c(Nc2cc(N)ncn2)c1. The van der Waals surface area contributed by atoms with Crippen LogP contribution in [-0.2, 0) is 0 Å². The molecular formula is C14H18N4O2. The Kier molecular flexibility index (Phi) is 4.60. The number of nitrogens with zero attached hydrogens (tertiary/aromatic N) is 2. The van der Waals surface area contributed by atoms with E-state index in [1.807, 2.05) is 32.0 Å². The van der Waals surface area contributed by atoms with Crippen molar-refractivity contribution in [2.75, 3.05) is 24.3 Å². The smallest absolute Gasteiger partial charge is 0.143 e. The fourth-order valence-corrected chi connectivity index (χ4v) is 1.72. The summed E-state index contributed by atoms with van der Waals surface area (Å²) in [7, 11) is 0. The van der Waals surface area contributed by atoms with Crippen LogP contribution >= 0.6 is 0 Å². The highest BCUT2D eigenvalue weighted by molar-refractivity contribution is 5.67. The third kappa shape index (κ3) is 3.50. The number of hydrogen-bond donors (Lipinski definition) is 2. The number of benzene rings is 1. The van der Waals surface area contributed by atoms with Crippen LogP contribution in [0.15, 0.2) is 30.6 Å². The van der Waals surface area contributed by atoms with Gasteiger partial charge >= 0.3 is 0 Å². The van der Waals surface area contributed by atoms with Gasteiger partial charge in [0, 0.05) is 12.1 Å². The zero-order valence-electron chi connectivity index (χ0n) is 11.6. The van der Waals surface area contributed by atoms with Gasteiger partial charge < -0.3 is 20.5 Å². The first-order valence-electron chi connectivity index (χ1n) is 6.47. The van der Waals surface area contributed by atoms with Crippen LogP contribution in [0.25, 0.3) is 0 Å². The zero-order valence-corrected chi connectivity index (χ0v) is 11.6. The molecule has 0 amide bonds. The van der Waals surface area contributed by atoms with E-state index in [0.717, 1.165) is 17.2 Å². The quantitative estimate of drug-likeness (QED) is 0.842. The van der Waals surface area contributed by atoms with Gasteiger partial charge in [-0.15, -0.1) is 0 Å². The van der Waals surface area contributed by atoms with E-state index in [9.17, 15) is 0 Å². The molecule has 0 bridgehead atoms. The van der Waals surface area contributed by atoms with Gasteiger partial charge in [0.15, 0.2) is 0 Å². The van der Waals surface area contributed by atoms with E-state index in [1.54, 1.807) is 6.07 Å². The lowest BCUT2D eigenvalue weighted by Crippen LogP contribution is -2.01. The molecule has 0 aliphatic carbocycles. The highest BCUT2D eigenvalue weighted by Gasteiger charge is 2.07. The molecule has 106 valence electrons. The van der Waals surface area contributed by atoms with E-state index in [1.165, 1.54) is 6.33 Å². The fourth-order valence-electron chi connectivity index (χ4n) is 1.72. The Morgan fingerprint density at radius 1 is 1.10 bits per heavy atom. The predicted molar refractivity (Wildman–Crippen MR) is 78.5 cm³/mol. The molecule has 2 aromatic rings. The highest BCUT2D eigenvalue weighted by atomic mass is 16.5.